The van der Waals surface area contributed by atoms with Crippen molar-refractivity contribution in [2.45, 2.75) is 70.6 Å². The van der Waals surface area contributed by atoms with Gasteiger partial charge in [-0.25, -0.2) is 9.18 Å². The number of carbonyl (C=O) groups excluding carboxylic acids is 2. The van der Waals surface area contributed by atoms with E-state index in [9.17, 15) is 14.0 Å². The molecule has 1 saturated heterocycles. The molecule has 1 aliphatic heterocycles. The molecule has 0 aromatic heterocycles. The van der Waals surface area contributed by atoms with E-state index in [1.165, 1.54) is 18.6 Å². The highest BCUT2D eigenvalue weighted by atomic mass is 19.1. The van der Waals surface area contributed by atoms with Crippen LogP contribution in [0.5, 0.6) is 0 Å². The van der Waals surface area contributed by atoms with Crippen molar-refractivity contribution in [1.82, 2.24) is 15.1 Å². The number of hydrogen-bond acceptors (Lipinski definition) is 4. The van der Waals surface area contributed by atoms with Crippen molar-refractivity contribution in [2.75, 3.05) is 26.2 Å². The van der Waals surface area contributed by atoms with E-state index in [4.69, 9.17) is 4.74 Å². The van der Waals surface area contributed by atoms with Crippen LogP contribution in [0.1, 0.15) is 64.5 Å². The second kappa shape index (κ2) is 9.77. The van der Waals surface area contributed by atoms with Gasteiger partial charge in [-0.05, 0) is 51.3 Å². The lowest BCUT2D eigenvalue weighted by Crippen LogP contribution is -2.54. The second-order valence-corrected chi connectivity index (χ2v) is 9.30. The topological polar surface area (TPSA) is 61.9 Å². The normalized spacial score (nSPS) is 19.9. The minimum Gasteiger partial charge on any atom is -0.444 e. The summed E-state index contributed by atoms with van der Waals surface area (Å²) in [6.45, 7) is 7.63. The first kappa shape index (κ1) is 22.5. The molecule has 3 rings (SSSR count). The Bertz CT molecular complexity index is 718. The predicted molar refractivity (Wildman–Crippen MR) is 114 cm³/mol. The first-order valence-corrected chi connectivity index (χ1v) is 11.0. The van der Waals surface area contributed by atoms with Gasteiger partial charge < -0.3 is 15.0 Å². The first-order chi connectivity index (χ1) is 14.2. The molecule has 1 aromatic rings. The predicted octanol–water partition coefficient (Wildman–Crippen LogP) is 3.87. The number of ether oxygens (including phenoxy) is 1. The van der Waals surface area contributed by atoms with Gasteiger partial charge in [-0.3, -0.25) is 9.69 Å². The van der Waals surface area contributed by atoms with E-state index >= 15 is 0 Å². The molecular weight excluding hydrogens is 385 g/mol. The summed E-state index contributed by atoms with van der Waals surface area (Å²) in [4.78, 5) is 29.4. The number of amides is 2. The molecule has 2 amide bonds. The summed E-state index contributed by atoms with van der Waals surface area (Å²) in [7, 11) is 0. The fourth-order valence-electron chi connectivity index (χ4n) is 4.19. The summed E-state index contributed by atoms with van der Waals surface area (Å²) in [5.41, 5.74) is 0.237. The summed E-state index contributed by atoms with van der Waals surface area (Å²) >= 11 is 0. The standard InChI is InChI=1S/C23H34FN3O3/c1-23(2,3)30-22(29)27-15-13-26(14-16-27)20(17-9-11-18(24)12-10-17)21(28)25-19-7-5-4-6-8-19/h9-12,19-20H,4-8,13-16H2,1-3H3,(H,25,28). The van der Waals surface area contributed by atoms with E-state index in [2.05, 4.69) is 10.2 Å². The highest BCUT2D eigenvalue weighted by Crippen LogP contribution is 2.25. The smallest absolute Gasteiger partial charge is 0.410 e. The molecule has 1 saturated carbocycles. The average Bonchev–Trinajstić information content (AvgIpc) is 2.69. The zero-order chi connectivity index (χ0) is 21.7. The zero-order valence-electron chi connectivity index (χ0n) is 18.3. The Labute approximate surface area is 178 Å². The number of benzene rings is 1. The molecule has 1 N–H and O–H groups in total. The Morgan fingerprint density at radius 2 is 1.63 bits per heavy atom. The monoisotopic (exact) mass is 419 g/mol. The van der Waals surface area contributed by atoms with E-state index in [1.54, 1.807) is 17.0 Å². The Morgan fingerprint density at radius 1 is 1.03 bits per heavy atom. The summed E-state index contributed by atoms with van der Waals surface area (Å²) < 4.78 is 18.9. The van der Waals surface area contributed by atoms with E-state index in [0.29, 0.717) is 26.2 Å². The molecule has 6 nitrogen and oxygen atoms in total. The van der Waals surface area contributed by atoms with Gasteiger partial charge in [0.1, 0.15) is 17.5 Å². The fourth-order valence-corrected chi connectivity index (χ4v) is 4.19. The quantitative estimate of drug-likeness (QED) is 0.805. The molecule has 1 unspecified atom stereocenters. The number of nitrogens with zero attached hydrogens (tertiary/aromatic N) is 2. The van der Waals surface area contributed by atoms with Crippen LogP contribution in [0.15, 0.2) is 24.3 Å². The highest BCUT2D eigenvalue weighted by molar-refractivity contribution is 5.83. The molecule has 0 radical (unpaired) electrons. The van der Waals surface area contributed by atoms with Crippen LogP contribution >= 0.6 is 0 Å². The molecule has 0 spiro atoms. The van der Waals surface area contributed by atoms with Crippen molar-refractivity contribution in [3.8, 4) is 0 Å². The molecule has 0 bridgehead atoms. The van der Waals surface area contributed by atoms with Crippen molar-refractivity contribution in [3.05, 3.63) is 35.6 Å². The van der Waals surface area contributed by atoms with Gasteiger partial charge in [-0.2, -0.15) is 0 Å². The molecule has 1 aromatic carbocycles. The number of rotatable bonds is 4. The minimum atomic E-state index is -0.537. The molecule has 166 valence electrons. The van der Waals surface area contributed by atoms with Crippen molar-refractivity contribution < 1.29 is 18.7 Å². The van der Waals surface area contributed by atoms with Gasteiger partial charge in [0.25, 0.3) is 0 Å². The summed E-state index contributed by atoms with van der Waals surface area (Å²) in [5.74, 6) is -0.362. The molecule has 30 heavy (non-hydrogen) atoms. The SMILES string of the molecule is CC(C)(C)OC(=O)N1CCN(C(C(=O)NC2CCCCC2)c2ccc(F)cc2)CC1. The Balaban J connectivity index is 1.69. The number of piperazine rings is 1. The molecule has 1 heterocycles. The molecule has 1 atom stereocenters. The summed E-state index contributed by atoms with van der Waals surface area (Å²) in [5, 5.41) is 3.21. The van der Waals surface area contributed by atoms with Crippen molar-refractivity contribution in [2.24, 2.45) is 0 Å². The maximum Gasteiger partial charge on any atom is 0.410 e. The Kier molecular flexibility index (Phi) is 7.34. The molecule has 7 heteroatoms. The van der Waals surface area contributed by atoms with Gasteiger partial charge >= 0.3 is 6.09 Å². The number of hydrogen-bond donors (Lipinski definition) is 1. The first-order valence-electron chi connectivity index (χ1n) is 11.0. The van der Waals surface area contributed by atoms with Gasteiger partial charge in [0.2, 0.25) is 5.91 Å². The molecule has 2 fully saturated rings. The van der Waals surface area contributed by atoms with Crippen molar-refractivity contribution in [3.63, 3.8) is 0 Å². The van der Waals surface area contributed by atoms with Gasteiger partial charge in [-0.15, -0.1) is 0 Å². The zero-order valence-corrected chi connectivity index (χ0v) is 18.3. The molecule has 1 aliphatic carbocycles. The van der Waals surface area contributed by atoms with Crippen LogP contribution in [0.3, 0.4) is 0 Å². The lowest BCUT2D eigenvalue weighted by molar-refractivity contribution is -0.128. The third kappa shape index (κ3) is 6.17. The van der Waals surface area contributed by atoms with E-state index in [1.807, 2.05) is 20.8 Å². The van der Waals surface area contributed by atoms with Crippen LogP contribution in [-0.4, -0.2) is 59.6 Å². The van der Waals surface area contributed by atoms with E-state index < -0.39 is 11.6 Å². The fraction of sp³-hybridized carbons (Fsp3) is 0.652. The van der Waals surface area contributed by atoms with Crippen LogP contribution < -0.4 is 5.32 Å². The average molecular weight is 420 g/mol. The number of carbonyl (C=O) groups is 2. The van der Waals surface area contributed by atoms with Gasteiger partial charge in [-0.1, -0.05) is 31.4 Å². The van der Waals surface area contributed by atoms with Gasteiger partial charge in [0.05, 0.1) is 0 Å². The van der Waals surface area contributed by atoms with E-state index in [0.717, 1.165) is 31.2 Å². The van der Waals surface area contributed by atoms with Crippen LogP contribution in [-0.2, 0) is 9.53 Å². The van der Waals surface area contributed by atoms with E-state index in [-0.39, 0.29) is 23.9 Å². The van der Waals surface area contributed by atoms with Crippen molar-refractivity contribution in [1.29, 1.82) is 0 Å². The molecule has 2 aliphatic rings. The number of nitrogens with one attached hydrogen (secondary N) is 1. The third-order valence-corrected chi connectivity index (χ3v) is 5.72. The van der Waals surface area contributed by atoms with Gasteiger partial charge in [0.15, 0.2) is 0 Å². The van der Waals surface area contributed by atoms with Crippen LogP contribution in [0, 0.1) is 5.82 Å². The minimum absolute atomic E-state index is 0.0424. The second-order valence-electron chi connectivity index (χ2n) is 9.30. The van der Waals surface area contributed by atoms with Crippen molar-refractivity contribution >= 4 is 12.0 Å². The Hall–Kier alpha value is -2.15. The highest BCUT2D eigenvalue weighted by Gasteiger charge is 2.34. The van der Waals surface area contributed by atoms with Crippen LogP contribution in [0.25, 0.3) is 0 Å². The lowest BCUT2D eigenvalue weighted by Gasteiger charge is -2.39. The Morgan fingerprint density at radius 3 is 2.20 bits per heavy atom. The van der Waals surface area contributed by atoms with Gasteiger partial charge in [0, 0.05) is 32.2 Å². The molecular formula is C23H34FN3O3. The maximum atomic E-state index is 13.5. The van der Waals surface area contributed by atoms with Crippen LogP contribution in [0.2, 0.25) is 0 Å². The van der Waals surface area contributed by atoms with Crippen LogP contribution in [0.4, 0.5) is 9.18 Å². The number of halogens is 1. The largest absolute Gasteiger partial charge is 0.444 e. The lowest BCUT2D eigenvalue weighted by atomic mass is 9.94. The summed E-state index contributed by atoms with van der Waals surface area (Å²) in [6.07, 6.45) is 5.19. The maximum absolute atomic E-state index is 13.5. The summed E-state index contributed by atoms with van der Waals surface area (Å²) in [6, 6.07) is 5.87. The third-order valence-electron chi connectivity index (χ3n) is 5.72.